The van der Waals surface area contributed by atoms with Crippen LogP contribution < -0.4 is 0 Å². The molecule has 4 heteroatoms. The number of hydrogen-bond donors (Lipinski definition) is 0. The van der Waals surface area contributed by atoms with E-state index in [1.807, 2.05) is 19.9 Å². The highest BCUT2D eigenvalue weighted by Gasteiger charge is 2.09. The number of benzene rings is 1. The molecule has 0 N–H and O–H groups in total. The summed E-state index contributed by atoms with van der Waals surface area (Å²) in [5.74, 6) is 0.447. The topological polar surface area (TPSA) is 40.9 Å². The maximum Gasteiger partial charge on any atom is 0.0992 e. The van der Waals surface area contributed by atoms with Crippen LogP contribution in [0.5, 0.6) is 0 Å². The number of halogens is 1. The molecule has 0 spiro atoms. The second kappa shape index (κ2) is 5.29. The molecule has 1 rings (SSSR count). The fraction of sp³-hybridized carbons (Fsp3) is 0.364. The van der Waals surface area contributed by atoms with Crippen molar-refractivity contribution in [3.8, 4) is 6.07 Å². The fourth-order valence-electron chi connectivity index (χ4n) is 1.05. The van der Waals surface area contributed by atoms with Crippen molar-refractivity contribution in [3.05, 3.63) is 34.3 Å². The Morgan fingerprint density at radius 1 is 1.53 bits per heavy atom. The molecule has 0 aliphatic rings. The maximum absolute atomic E-state index is 11.6. The number of hydrogen-bond acceptors (Lipinski definition) is 2. The van der Waals surface area contributed by atoms with E-state index in [1.165, 1.54) is 0 Å². The third-order valence-corrected chi connectivity index (χ3v) is 4.00. The molecule has 1 aromatic rings. The van der Waals surface area contributed by atoms with Gasteiger partial charge < -0.3 is 0 Å². The van der Waals surface area contributed by atoms with E-state index in [9.17, 15) is 4.21 Å². The van der Waals surface area contributed by atoms with Crippen molar-refractivity contribution < 1.29 is 4.21 Å². The van der Waals surface area contributed by atoms with E-state index in [2.05, 4.69) is 0 Å². The zero-order chi connectivity index (χ0) is 11.4. The standard InChI is InChI=1S/C11H12ClNOS/c1-8(2)15(14)7-10-4-3-9(6-13)5-11(10)12/h3-5,8H,7H2,1-2H3. The largest absolute Gasteiger partial charge is 0.259 e. The van der Waals surface area contributed by atoms with Gasteiger partial charge in [-0.3, -0.25) is 4.21 Å². The van der Waals surface area contributed by atoms with Crippen LogP contribution in [0.15, 0.2) is 18.2 Å². The van der Waals surface area contributed by atoms with E-state index in [4.69, 9.17) is 16.9 Å². The van der Waals surface area contributed by atoms with Gasteiger partial charge in [-0.2, -0.15) is 5.26 Å². The molecule has 0 fully saturated rings. The predicted molar refractivity (Wildman–Crippen MR) is 63.1 cm³/mol. The maximum atomic E-state index is 11.6. The van der Waals surface area contributed by atoms with Crippen molar-refractivity contribution in [2.75, 3.05) is 0 Å². The van der Waals surface area contributed by atoms with Crippen molar-refractivity contribution >= 4 is 22.4 Å². The van der Waals surface area contributed by atoms with E-state index in [0.29, 0.717) is 16.3 Å². The summed E-state index contributed by atoms with van der Waals surface area (Å²) in [5.41, 5.74) is 1.36. The molecule has 1 aromatic carbocycles. The molecule has 15 heavy (non-hydrogen) atoms. The Hall–Kier alpha value is -0.850. The number of rotatable bonds is 3. The molecule has 0 aromatic heterocycles. The van der Waals surface area contributed by atoms with E-state index in [1.54, 1.807) is 18.2 Å². The van der Waals surface area contributed by atoms with Crippen LogP contribution in [0.2, 0.25) is 5.02 Å². The summed E-state index contributed by atoms with van der Waals surface area (Å²) in [7, 11) is -0.909. The van der Waals surface area contributed by atoms with Crippen molar-refractivity contribution in [1.82, 2.24) is 0 Å². The fourth-order valence-corrected chi connectivity index (χ4v) is 2.27. The minimum absolute atomic E-state index is 0.122. The lowest BCUT2D eigenvalue weighted by atomic mass is 10.2. The van der Waals surface area contributed by atoms with Crippen LogP contribution >= 0.6 is 11.6 Å². The Morgan fingerprint density at radius 3 is 2.67 bits per heavy atom. The van der Waals surface area contributed by atoms with E-state index in [0.717, 1.165) is 5.56 Å². The number of nitriles is 1. The normalized spacial score (nSPS) is 12.5. The van der Waals surface area contributed by atoms with Gasteiger partial charge in [-0.25, -0.2) is 0 Å². The quantitative estimate of drug-likeness (QED) is 0.817. The second-order valence-electron chi connectivity index (χ2n) is 3.49. The van der Waals surface area contributed by atoms with Gasteiger partial charge >= 0.3 is 0 Å². The van der Waals surface area contributed by atoms with Gasteiger partial charge in [0.25, 0.3) is 0 Å². The summed E-state index contributed by atoms with van der Waals surface area (Å²) in [6, 6.07) is 7.07. The smallest absolute Gasteiger partial charge is 0.0992 e. The molecule has 0 aliphatic heterocycles. The van der Waals surface area contributed by atoms with Crippen LogP contribution in [0.3, 0.4) is 0 Å². The third-order valence-electron chi connectivity index (χ3n) is 2.01. The first-order chi connectivity index (χ1) is 7.04. The van der Waals surface area contributed by atoms with Crippen molar-refractivity contribution in [2.24, 2.45) is 0 Å². The molecule has 0 radical (unpaired) electrons. The van der Waals surface area contributed by atoms with Crippen molar-refractivity contribution in [2.45, 2.75) is 24.9 Å². The van der Waals surface area contributed by atoms with Crippen LogP contribution in [0.1, 0.15) is 25.0 Å². The summed E-state index contributed by atoms with van der Waals surface area (Å²) in [6.45, 7) is 3.82. The monoisotopic (exact) mass is 241 g/mol. The first-order valence-corrected chi connectivity index (χ1v) is 6.36. The van der Waals surface area contributed by atoms with Gasteiger partial charge in [0.1, 0.15) is 0 Å². The zero-order valence-corrected chi connectivity index (χ0v) is 10.2. The van der Waals surface area contributed by atoms with Gasteiger partial charge in [-0.1, -0.05) is 31.5 Å². The van der Waals surface area contributed by atoms with Crippen LogP contribution in [0.25, 0.3) is 0 Å². The first kappa shape index (κ1) is 12.2. The summed E-state index contributed by atoms with van der Waals surface area (Å²) >= 11 is 5.97. The first-order valence-electron chi connectivity index (χ1n) is 4.60. The SMILES string of the molecule is CC(C)S(=O)Cc1ccc(C#N)cc1Cl. The molecule has 80 valence electrons. The minimum atomic E-state index is -0.909. The molecule has 1 unspecified atom stereocenters. The Labute approximate surface area is 97.3 Å². The molecular weight excluding hydrogens is 230 g/mol. The third kappa shape index (κ3) is 3.33. The average molecular weight is 242 g/mol. The highest BCUT2D eigenvalue weighted by molar-refractivity contribution is 7.84. The van der Waals surface area contributed by atoms with Gasteiger partial charge in [-0.15, -0.1) is 0 Å². The predicted octanol–water partition coefficient (Wildman–Crippen LogP) is 2.87. The second-order valence-corrected chi connectivity index (χ2v) is 5.89. The van der Waals surface area contributed by atoms with Gasteiger partial charge in [0.05, 0.1) is 17.4 Å². The summed E-state index contributed by atoms with van der Waals surface area (Å²) in [4.78, 5) is 0. The summed E-state index contributed by atoms with van der Waals surface area (Å²) < 4.78 is 11.6. The highest BCUT2D eigenvalue weighted by Crippen LogP contribution is 2.20. The average Bonchev–Trinajstić information content (AvgIpc) is 2.20. The molecule has 0 saturated heterocycles. The molecule has 0 heterocycles. The Bertz CT molecular complexity index is 423. The Morgan fingerprint density at radius 2 is 2.20 bits per heavy atom. The number of nitrogens with zero attached hydrogens (tertiary/aromatic N) is 1. The van der Waals surface area contributed by atoms with Crippen molar-refractivity contribution in [3.63, 3.8) is 0 Å². The zero-order valence-electron chi connectivity index (χ0n) is 8.66. The lowest BCUT2D eigenvalue weighted by Crippen LogP contribution is -2.08. The highest BCUT2D eigenvalue weighted by atomic mass is 35.5. The van der Waals surface area contributed by atoms with Crippen LogP contribution in [-0.2, 0) is 16.6 Å². The molecule has 1 atom stereocenters. The molecule has 0 bridgehead atoms. The van der Waals surface area contributed by atoms with Crippen LogP contribution in [0, 0.1) is 11.3 Å². The summed E-state index contributed by atoms with van der Waals surface area (Å²) in [5, 5.41) is 9.29. The van der Waals surface area contributed by atoms with E-state index < -0.39 is 10.8 Å². The lowest BCUT2D eigenvalue weighted by Gasteiger charge is -2.07. The van der Waals surface area contributed by atoms with E-state index in [-0.39, 0.29) is 5.25 Å². The van der Waals surface area contributed by atoms with E-state index >= 15 is 0 Å². The Balaban J connectivity index is 2.89. The molecule has 2 nitrogen and oxygen atoms in total. The van der Waals surface area contributed by atoms with Gasteiger partial charge in [-0.05, 0) is 17.7 Å². The minimum Gasteiger partial charge on any atom is -0.259 e. The summed E-state index contributed by atoms with van der Waals surface area (Å²) in [6.07, 6.45) is 0. The van der Waals surface area contributed by atoms with Gasteiger partial charge in [0, 0.05) is 21.1 Å². The van der Waals surface area contributed by atoms with Gasteiger partial charge in [0.2, 0.25) is 0 Å². The van der Waals surface area contributed by atoms with Crippen LogP contribution in [-0.4, -0.2) is 9.46 Å². The molecular formula is C11H12ClNOS. The van der Waals surface area contributed by atoms with Crippen LogP contribution in [0.4, 0.5) is 0 Å². The molecule has 0 amide bonds. The van der Waals surface area contributed by atoms with Crippen molar-refractivity contribution in [1.29, 1.82) is 5.26 Å². The molecule has 0 saturated carbocycles. The molecule has 0 aliphatic carbocycles. The lowest BCUT2D eigenvalue weighted by molar-refractivity contribution is 0.676. The Kier molecular flexibility index (Phi) is 4.31. The van der Waals surface area contributed by atoms with Gasteiger partial charge in [0.15, 0.2) is 0 Å².